The van der Waals surface area contributed by atoms with E-state index in [1.807, 2.05) is 13.2 Å². The number of fused-ring (bicyclic) bond motifs is 1. The number of hydrogen-bond acceptors (Lipinski definition) is 5. The van der Waals surface area contributed by atoms with E-state index in [0.29, 0.717) is 11.5 Å². The zero-order valence-corrected chi connectivity index (χ0v) is 10.5. The van der Waals surface area contributed by atoms with Crippen LogP contribution in [-0.2, 0) is 0 Å². The van der Waals surface area contributed by atoms with Crippen LogP contribution in [-0.4, -0.2) is 22.7 Å². The Morgan fingerprint density at radius 2 is 2.26 bits per heavy atom. The lowest BCUT2D eigenvalue weighted by Gasteiger charge is -2.08. The van der Waals surface area contributed by atoms with Crippen molar-refractivity contribution in [1.82, 2.24) is 15.3 Å². The summed E-state index contributed by atoms with van der Waals surface area (Å²) in [7, 11) is 1.89. The summed E-state index contributed by atoms with van der Waals surface area (Å²) < 4.78 is 5.49. The largest absolute Gasteiger partial charge is 0.430 e. The third kappa shape index (κ3) is 2.47. The van der Waals surface area contributed by atoms with Crippen molar-refractivity contribution in [1.29, 1.82) is 0 Å². The predicted octanol–water partition coefficient (Wildman–Crippen LogP) is 1.87. The van der Waals surface area contributed by atoms with E-state index in [4.69, 9.17) is 4.42 Å². The Balaban J connectivity index is 1.84. The zero-order valence-electron chi connectivity index (χ0n) is 10.5. The number of aromatic nitrogens is 2. The van der Waals surface area contributed by atoms with Crippen molar-refractivity contribution in [3.05, 3.63) is 36.2 Å². The SMILES string of the molecule is CNC1=CN=C(C#Cc2nc3cnccc3o2)CC1. The lowest BCUT2D eigenvalue weighted by atomic mass is 10.1. The second kappa shape index (κ2) is 4.94. The van der Waals surface area contributed by atoms with Gasteiger partial charge in [-0.1, -0.05) is 0 Å². The van der Waals surface area contributed by atoms with Crippen LogP contribution in [0.5, 0.6) is 0 Å². The number of pyridine rings is 1. The molecule has 5 heteroatoms. The van der Waals surface area contributed by atoms with Crippen LogP contribution in [0.2, 0.25) is 0 Å². The van der Waals surface area contributed by atoms with Crippen LogP contribution in [0.1, 0.15) is 18.7 Å². The summed E-state index contributed by atoms with van der Waals surface area (Å²) in [6.07, 6.45) is 6.90. The molecule has 0 saturated heterocycles. The summed E-state index contributed by atoms with van der Waals surface area (Å²) >= 11 is 0. The van der Waals surface area contributed by atoms with E-state index < -0.39 is 0 Å². The lowest BCUT2D eigenvalue weighted by Crippen LogP contribution is -2.10. The van der Waals surface area contributed by atoms with Gasteiger partial charge in [-0.15, -0.1) is 0 Å². The van der Waals surface area contributed by atoms with E-state index in [9.17, 15) is 0 Å². The molecule has 2 aromatic rings. The first-order chi connectivity index (χ1) is 9.35. The van der Waals surface area contributed by atoms with Crippen molar-refractivity contribution in [3.8, 4) is 11.8 Å². The molecule has 0 bridgehead atoms. The fourth-order valence-electron chi connectivity index (χ4n) is 1.78. The number of hydrogen-bond donors (Lipinski definition) is 1. The van der Waals surface area contributed by atoms with Gasteiger partial charge < -0.3 is 9.73 Å². The summed E-state index contributed by atoms with van der Waals surface area (Å²) in [5, 5.41) is 3.08. The molecule has 1 aliphatic heterocycles. The fourth-order valence-corrected chi connectivity index (χ4v) is 1.78. The topological polar surface area (TPSA) is 63.3 Å². The summed E-state index contributed by atoms with van der Waals surface area (Å²) in [6, 6.07) is 1.77. The van der Waals surface area contributed by atoms with E-state index in [1.165, 1.54) is 0 Å². The van der Waals surface area contributed by atoms with Gasteiger partial charge in [0.05, 0.1) is 11.9 Å². The third-order valence-electron chi connectivity index (χ3n) is 2.83. The molecule has 0 spiro atoms. The maximum Gasteiger partial charge on any atom is 0.274 e. The molecule has 0 amide bonds. The second-order valence-corrected chi connectivity index (χ2v) is 4.09. The van der Waals surface area contributed by atoms with Gasteiger partial charge in [0.1, 0.15) is 5.52 Å². The molecule has 2 aromatic heterocycles. The number of nitrogens with one attached hydrogen (secondary N) is 1. The first-order valence-corrected chi connectivity index (χ1v) is 6.01. The lowest BCUT2D eigenvalue weighted by molar-refractivity contribution is 0.586. The Morgan fingerprint density at radius 3 is 3.00 bits per heavy atom. The first-order valence-electron chi connectivity index (χ1n) is 6.01. The van der Waals surface area contributed by atoms with E-state index in [-0.39, 0.29) is 0 Å². The summed E-state index contributed by atoms with van der Waals surface area (Å²) in [5.41, 5.74) is 3.38. The molecule has 1 aliphatic rings. The Morgan fingerprint density at radius 1 is 1.32 bits per heavy atom. The molecule has 3 rings (SSSR count). The number of nitrogens with zero attached hydrogens (tertiary/aromatic N) is 3. The molecule has 19 heavy (non-hydrogen) atoms. The molecule has 0 atom stereocenters. The highest BCUT2D eigenvalue weighted by Crippen LogP contribution is 2.13. The average Bonchev–Trinajstić information content (AvgIpc) is 2.88. The second-order valence-electron chi connectivity index (χ2n) is 4.09. The number of allylic oxidation sites excluding steroid dienone is 1. The fraction of sp³-hybridized carbons (Fsp3) is 0.214. The van der Waals surface area contributed by atoms with Crippen molar-refractivity contribution >= 4 is 16.8 Å². The molecule has 3 heterocycles. The smallest absolute Gasteiger partial charge is 0.274 e. The molecule has 0 unspecified atom stereocenters. The minimum absolute atomic E-state index is 0.397. The van der Waals surface area contributed by atoms with Gasteiger partial charge in [-0.05, 0) is 18.3 Å². The highest BCUT2D eigenvalue weighted by atomic mass is 16.3. The van der Waals surface area contributed by atoms with Crippen molar-refractivity contribution < 1.29 is 4.42 Å². The van der Waals surface area contributed by atoms with Gasteiger partial charge in [-0.2, -0.15) is 0 Å². The Bertz CT molecular complexity index is 697. The van der Waals surface area contributed by atoms with Crippen LogP contribution < -0.4 is 5.32 Å². The normalized spacial score (nSPS) is 14.4. The van der Waals surface area contributed by atoms with Crippen molar-refractivity contribution in [2.75, 3.05) is 7.05 Å². The highest BCUT2D eigenvalue weighted by Gasteiger charge is 2.05. The van der Waals surface area contributed by atoms with Gasteiger partial charge in [0, 0.05) is 37.6 Å². The van der Waals surface area contributed by atoms with Gasteiger partial charge in [-0.25, -0.2) is 4.98 Å². The first kappa shape index (κ1) is 11.5. The number of rotatable bonds is 1. The minimum Gasteiger partial charge on any atom is -0.430 e. The van der Waals surface area contributed by atoms with E-state index in [2.05, 4.69) is 32.1 Å². The molecular formula is C14H12N4O. The predicted molar refractivity (Wildman–Crippen MR) is 72.5 cm³/mol. The zero-order chi connectivity index (χ0) is 13.1. The molecule has 5 nitrogen and oxygen atoms in total. The van der Waals surface area contributed by atoms with Gasteiger partial charge in [0.2, 0.25) is 0 Å². The Labute approximate surface area is 110 Å². The van der Waals surface area contributed by atoms with Crippen LogP contribution in [0.4, 0.5) is 0 Å². The number of aliphatic imine (C=N–C) groups is 1. The molecule has 0 aliphatic carbocycles. The van der Waals surface area contributed by atoms with Crippen LogP contribution in [0.25, 0.3) is 11.1 Å². The Kier molecular flexibility index (Phi) is 2.99. The van der Waals surface area contributed by atoms with Crippen LogP contribution >= 0.6 is 0 Å². The van der Waals surface area contributed by atoms with Crippen molar-refractivity contribution in [2.24, 2.45) is 4.99 Å². The number of oxazole rings is 1. The maximum atomic E-state index is 5.49. The van der Waals surface area contributed by atoms with Crippen LogP contribution in [0, 0.1) is 11.8 Å². The molecule has 0 fully saturated rings. The minimum atomic E-state index is 0.397. The molecular weight excluding hydrogens is 240 g/mol. The van der Waals surface area contributed by atoms with Gasteiger partial charge in [0.15, 0.2) is 5.58 Å². The van der Waals surface area contributed by atoms with Gasteiger partial charge in [-0.3, -0.25) is 9.98 Å². The average molecular weight is 252 g/mol. The molecule has 0 aromatic carbocycles. The van der Waals surface area contributed by atoms with Crippen LogP contribution in [0.15, 0.2) is 39.8 Å². The summed E-state index contributed by atoms with van der Waals surface area (Å²) in [6.45, 7) is 0. The van der Waals surface area contributed by atoms with Gasteiger partial charge in [0.25, 0.3) is 5.89 Å². The van der Waals surface area contributed by atoms with E-state index in [1.54, 1.807) is 18.5 Å². The standard InChI is InChI=1S/C14H12N4O/c1-15-11-3-2-10(17-8-11)4-5-14-18-12-9-16-7-6-13(12)19-14/h6-9,15H,2-3H2,1H3. The Hall–Kier alpha value is -2.61. The highest BCUT2D eigenvalue weighted by molar-refractivity contribution is 6.01. The van der Waals surface area contributed by atoms with Gasteiger partial charge >= 0.3 is 0 Å². The molecule has 0 saturated carbocycles. The van der Waals surface area contributed by atoms with E-state index in [0.717, 1.165) is 29.8 Å². The monoisotopic (exact) mass is 252 g/mol. The molecule has 94 valence electrons. The van der Waals surface area contributed by atoms with Crippen molar-refractivity contribution in [2.45, 2.75) is 12.8 Å². The van der Waals surface area contributed by atoms with Crippen LogP contribution in [0.3, 0.4) is 0 Å². The van der Waals surface area contributed by atoms with Crippen molar-refractivity contribution in [3.63, 3.8) is 0 Å². The van der Waals surface area contributed by atoms with E-state index >= 15 is 0 Å². The maximum absolute atomic E-state index is 5.49. The molecule has 1 N–H and O–H groups in total. The quantitative estimate of drug-likeness (QED) is 0.787. The summed E-state index contributed by atoms with van der Waals surface area (Å²) in [5.74, 6) is 6.29. The summed E-state index contributed by atoms with van der Waals surface area (Å²) in [4.78, 5) is 12.5. The molecule has 0 radical (unpaired) electrons. The third-order valence-corrected chi connectivity index (χ3v) is 2.83.